The number of hydrogen-bond acceptors (Lipinski definition) is 3. The molecule has 1 N–H and O–H groups in total. The highest BCUT2D eigenvalue weighted by Crippen LogP contribution is 2.23. The van der Waals surface area contributed by atoms with Gasteiger partial charge in [-0.05, 0) is 23.8 Å². The predicted octanol–water partition coefficient (Wildman–Crippen LogP) is 2.69. The number of fused-ring (bicyclic) bond motifs is 1. The molecular weight excluding hydrogens is 292 g/mol. The van der Waals surface area contributed by atoms with Gasteiger partial charge in [-0.1, -0.05) is 24.3 Å². The van der Waals surface area contributed by atoms with Crippen molar-refractivity contribution in [2.45, 2.75) is 12.5 Å². The number of amides is 1. The Morgan fingerprint density at radius 2 is 1.77 bits per heavy atom. The summed E-state index contributed by atoms with van der Waals surface area (Å²) in [7, 11) is 0. The van der Waals surface area contributed by atoms with Gasteiger partial charge in [-0.15, -0.1) is 0 Å². The Hall–Kier alpha value is -2.76. The first-order valence-electron chi connectivity index (χ1n) is 6.60. The molecule has 22 heavy (non-hydrogen) atoms. The molecule has 0 saturated heterocycles. The normalized spacial score (nSPS) is 16.6. The topological polar surface area (TPSA) is 55.4 Å². The lowest BCUT2D eigenvalue weighted by atomic mass is 9.98. The third-order valence-corrected chi connectivity index (χ3v) is 3.40. The van der Waals surface area contributed by atoms with Crippen molar-refractivity contribution in [1.29, 1.82) is 0 Å². The van der Waals surface area contributed by atoms with Crippen LogP contribution in [0.5, 0.6) is 0 Å². The Balaban J connectivity index is 1.81. The van der Waals surface area contributed by atoms with Crippen molar-refractivity contribution in [2.24, 2.45) is 0 Å². The maximum absolute atomic E-state index is 13.5. The number of rotatable bonds is 2. The lowest BCUT2D eigenvalue weighted by Crippen LogP contribution is -2.38. The number of halogens is 2. The molecule has 0 saturated carbocycles. The molecule has 1 aliphatic rings. The fourth-order valence-corrected chi connectivity index (χ4v) is 2.30. The maximum atomic E-state index is 13.5. The van der Waals surface area contributed by atoms with E-state index in [1.54, 1.807) is 24.3 Å². The molecule has 0 bridgehead atoms. The lowest BCUT2D eigenvalue weighted by Gasteiger charge is -2.23. The largest absolute Gasteiger partial charge is 0.448 e. The summed E-state index contributed by atoms with van der Waals surface area (Å²) in [6.07, 6.45) is -0.967. The van der Waals surface area contributed by atoms with Gasteiger partial charge in [-0.25, -0.2) is 13.6 Å². The van der Waals surface area contributed by atoms with Gasteiger partial charge in [0.2, 0.25) is 0 Å². The molecule has 0 fully saturated rings. The molecule has 4 nitrogen and oxygen atoms in total. The van der Waals surface area contributed by atoms with Gasteiger partial charge in [0.05, 0.1) is 5.56 Å². The van der Waals surface area contributed by atoms with E-state index in [-0.39, 0.29) is 6.42 Å². The first-order chi connectivity index (χ1) is 10.6. The zero-order valence-electron chi connectivity index (χ0n) is 11.3. The quantitative estimate of drug-likeness (QED) is 0.868. The van der Waals surface area contributed by atoms with Crippen molar-refractivity contribution in [2.75, 3.05) is 5.32 Å². The third kappa shape index (κ3) is 2.55. The van der Waals surface area contributed by atoms with Crippen LogP contribution in [-0.2, 0) is 16.0 Å². The molecule has 112 valence electrons. The van der Waals surface area contributed by atoms with E-state index in [1.807, 2.05) is 0 Å². The molecular formula is C16H11F2NO3. The summed E-state index contributed by atoms with van der Waals surface area (Å²) in [6, 6.07) is 9.99. The molecule has 3 rings (SSSR count). The zero-order chi connectivity index (χ0) is 15.7. The second-order valence-electron chi connectivity index (χ2n) is 4.84. The van der Waals surface area contributed by atoms with Crippen molar-refractivity contribution in [3.8, 4) is 0 Å². The molecule has 0 radical (unpaired) electrons. The minimum absolute atomic E-state index is 0.157. The molecule has 6 heteroatoms. The van der Waals surface area contributed by atoms with E-state index in [9.17, 15) is 18.4 Å². The fourth-order valence-electron chi connectivity index (χ4n) is 2.30. The van der Waals surface area contributed by atoms with Gasteiger partial charge in [0.15, 0.2) is 6.10 Å². The number of carbonyl (C=O) groups is 2. The Labute approximate surface area is 124 Å². The van der Waals surface area contributed by atoms with E-state index in [1.165, 1.54) is 6.07 Å². The van der Waals surface area contributed by atoms with Crippen LogP contribution < -0.4 is 5.32 Å². The standard InChI is InChI=1S/C16H11F2NO3/c17-11-6-3-7-12(18)14(11)19-15(20)13-8-9-4-1-2-5-10(9)16(21)22-13/h1-7,13H,8H2,(H,19,20). The predicted molar refractivity (Wildman–Crippen MR) is 74.3 cm³/mol. The molecule has 1 heterocycles. The Morgan fingerprint density at radius 3 is 2.50 bits per heavy atom. The zero-order valence-corrected chi connectivity index (χ0v) is 11.3. The number of ether oxygens (including phenoxy) is 1. The molecule has 1 amide bonds. The van der Waals surface area contributed by atoms with Gasteiger partial charge < -0.3 is 10.1 Å². The van der Waals surface area contributed by atoms with Crippen molar-refractivity contribution >= 4 is 17.6 Å². The molecule has 1 aliphatic heterocycles. The van der Waals surface area contributed by atoms with Gasteiger partial charge in [0, 0.05) is 6.42 Å². The summed E-state index contributed by atoms with van der Waals surface area (Å²) in [4.78, 5) is 23.9. The molecule has 1 atom stereocenters. The second kappa shape index (κ2) is 5.55. The third-order valence-electron chi connectivity index (χ3n) is 3.40. The number of esters is 1. The van der Waals surface area contributed by atoms with E-state index in [0.717, 1.165) is 12.1 Å². The number of para-hydroxylation sites is 1. The van der Waals surface area contributed by atoms with E-state index in [4.69, 9.17) is 4.74 Å². The summed E-state index contributed by atoms with van der Waals surface area (Å²) in [6.45, 7) is 0. The molecule has 2 aromatic carbocycles. The van der Waals surface area contributed by atoms with Gasteiger partial charge in [-0.3, -0.25) is 4.79 Å². The first-order valence-corrected chi connectivity index (χ1v) is 6.60. The molecule has 0 aromatic heterocycles. The van der Waals surface area contributed by atoms with Crippen LogP contribution >= 0.6 is 0 Å². The minimum atomic E-state index is -1.12. The van der Waals surface area contributed by atoms with Crippen LogP contribution in [0.3, 0.4) is 0 Å². The van der Waals surface area contributed by atoms with Crippen LogP contribution in [0.2, 0.25) is 0 Å². The van der Waals surface area contributed by atoms with Gasteiger partial charge in [-0.2, -0.15) is 0 Å². The van der Waals surface area contributed by atoms with Crippen LogP contribution in [0.1, 0.15) is 15.9 Å². The molecule has 0 aliphatic carbocycles. The SMILES string of the molecule is O=C1OC(C(=O)Nc2c(F)cccc2F)Cc2ccccc21. The number of carbonyl (C=O) groups excluding carboxylic acids is 2. The van der Waals surface area contributed by atoms with Gasteiger partial charge in [0.1, 0.15) is 17.3 Å². The van der Waals surface area contributed by atoms with Gasteiger partial charge in [0.25, 0.3) is 5.91 Å². The summed E-state index contributed by atoms with van der Waals surface area (Å²) in [5.74, 6) is -3.19. The van der Waals surface area contributed by atoms with Gasteiger partial charge >= 0.3 is 5.97 Å². The smallest absolute Gasteiger partial charge is 0.339 e. The Morgan fingerprint density at radius 1 is 1.09 bits per heavy atom. The molecule has 2 aromatic rings. The number of anilines is 1. The summed E-state index contributed by atoms with van der Waals surface area (Å²) >= 11 is 0. The number of benzene rings is 2. The van der Waals surface area contributed by atoms with E-state index < -0.39 is 35.3 Å². The monoisotopic (exact) mass is 303 g/mol. The van der Waals surface area contributed by atoms with Crippen molar-refractivity contribution in [3.05, 3.63) is 65.2 Å². The van der Waals surface area contributed by atoms with E-state index in [0.29, 0.717) is 11.1 Å². The van der Waals surface area contributed by atoms with Crippen molar-refractivity contribution < 1.29 is 23.1 Å². The lowest BCUT2D eigenvalue weighted by molar-refractivity contribution is -0.125. The average molecular weight is 303 g/mol. The highest BCUT2D eigenvalue weighted by Gasteiger charge is 2.31. The van der Waals surface area contributed by atoms with Crippen LogP contribution in [0, 0.1) is 11.6 Å². The number of hydrogen-bond donors (Lipinski definition) is 1. The van der Waals surface area contributed by atoms with E-state index in [2.05, 4.69) is 5.32 Å². The van der Waals surface area contributed by atoms with Crippen molar-refractivity contribution in [1.82, 2.24) is 0 Å². The maximum Gasteiger partial charge on any atom is 0.339 e. The van der Waals surface area contributed by atoms with E-state index >= 15 is 0 Å². The number of cyclic esters (lactones) is 1. The Kier molecular flexibility index (Phi) is 3.58. The van der Waals surface area contributed by atoms with Crippen LogP contribution in [0.15, 0.2) is 42.5 Å². The summed E-state index contributed by atoms with van der Waals surface area (Å²) < 4.78 is 32.1. The molecule has 0 spiro atoms. The minimum Gasteiger partial charge on any atom is -0.448 e. The Bertz CT molecular complexity index is 741. The molecule has 1 unspecified atom stereocenters. The first kappa shape index (κ1) is 14.2. The summed E-state index contributed by atoms with van der Waals surface area (Å²) in [5.41, 5.74) is 0.499. The fraction of sp³-hybridized carbons (Fsp3) is 0.125. The van der Waals surface area contributed by atoms with Crippen LogP contribution in [0.25, 0.3) is 0 Å². The second-order valence-corrected chi connectivity index (χ2v) is 4.84. The van der Waals surface area contributed by atoms with Crippen molar-refractivity contribution in [3.63, 3.8) is 0 Å². The summed E-state index contributed by atoms with van der Waals surface area (Å²) in [5, 5.41) is 2.13. The van der Waals surface area contributed by atoms with Crippen LogP contribution in [-0.4, -0.2) is 18.0 Å². The highest BCUT2D eigenvalue weighted by molar-refractivity contribution is 6.00. The average Bonchev–Trinajstić information content (AvgIpc) is 2.51. The number of nitrogens with one attached hydrogen (secondary N) is 1. The van der Waals surface area contributed by atoms with Crippen LogP contribution in [0.4, 0.5) is 14.5 Å². The highest BCUT2D eigenvalue weighted by atomic mass is 19.1.